The molecule has 1 saturated heterocycles. The highest BCUT2D eigenvalue weighted by Crippen LogP contribution is 2.30. The molecule has 0 aliphatic carbocycles. The predicted molar refractivity (Wildman–Crippen MR) is 90.2 cm³/mol. The summed E-state index contributed by atoms with van der Waals surface area (Å²) in [5.74, 6) is 0.446. The van der Waals surface area contributed by atoms with Crippen molar-refractivity contribution < 1.29 is 4.74 Å². The smallest absolute Gasteiger partial charge is 0.0576 e. The lowest BCUT2D eigenvalue weighted by atomic mass is 9.91. The van der Waals surface area contributed by atoms with E-state index < -0.39 is 0 Å². The van der Waals surface area contributed by atoms with Crippen LogP contribution in [0.15, 0.2) is 24.3 Å². The van der Waals surface area contributed by atoms with E-state index in [-0.39, 0.29) is 5.54 Å². The van der Waals surface area contributed by atoms with Crippen LogP contribution in [0.1, 0.15) is 57.9 Å². The van der Waals surface area contributed by atoms with Gasteiger partial charge in [-0.15, -0.1) is 0 Å². The minimum absolute atomic E-state index is 0.128. The van der Waals surface area contributed by atoms with Gasteiger partial charge in [0.1, 0.15) is 0 Å². The molecular weight excluding hydrogens is 282 g/mol. The van der Waals surface area contributed by atoms with E-state index in [1.165, 1.54) is 18.4 Å². The molecule has 2 rings (SSSR count). The van der Waals surface area contributed by atoms with E-state index in [0.717, 1.165) is 31.0 Å². The second-order valence-electron chi connectivity index (χ2n) is 7.06. The highest BCUT2D eigenvalue weighted by atomic mass is 35.5. The monoisotopic (exact) mass is 309 g/mol. The van der Waals surface area contributed by atoms with E-state index in [1.807, 2.05) is 12.1 Å². The third-order valence-electron chi connectivity index (χ3n) is 4.08. The van der Waals surface area contributed by atoms with E-state index in [9.17, 15) is 0 Å². The van der Waals surface area contributed by atoms with E-state index in [0.29, 0.717) is 12.0 Å². The fourth-order valence-electron chi connectivity index (χ4n) is 2.86. The van der Waals surface area contributed by atoms with Crippen LogP contribution < -0.4 is 5.32 Å². The zero-order valence-electron chi connectivity index (χ0n) is 13.5. The summed E-state index contributed by atoms with van der Waals surface area (Å²) in [7, 11) is 0. The molecular formula is C18H28ClNO. The molecule has 1 aromatic rings. The first-order valence-corrected chi connectivity index (χ1v) is 8.44. The minimum Gasteiger partial charge on any atom is -0.378 e. The molecule has 21 heavy (non-hydrogen) atoms. The van der Waals surface area contributed by atoms with E-state index >= 15 is 0 Å². The summed E-state index contributed by atoms with van der Waals surface area (Å²) in [5.41, 5.74) is 1.39. The van der Waals surface area contributed by atoms with Crippen LogP contribution in [0.4, 0.5) is 0 Å². The lowest BCUT2D eigenvalue weighted by molar-refractivity contribution is 0.100. The summed E-state index contributed by atoms with van der Waals surface area (Å²) in [6.45, 7) is 8.51. The van der Waals surface area contributed by atoms with Crippen molar-refractivity contribution in [2.24, 2.45) is 0 Å². The number of nitrogens with one attached hydrogen (secondary N) is 1. The summed E-state index contributed by atoms with van der Waals surface area (Å²) in [6, 6.07) is 8.23. The highest BCUT2D eigenvalue weighted by Gasteiger charge is 2.21. The quantitative estimate of drug-likeness (QED) is 0.817. The van der Waals surface area contributed by atoms with Gasteiger partial charge in [-0.3, -0.25) is 0 Å². The molecule has 0 amide bonds. The van der Waals surface area contributed by atoms with Crippen molar-refractivity contribution in [1.29, 1.82) is 0 Å². The van der Waals surface area contributed by atoms with Gasteiger partial charge in [-0.1, -0.05) is 29.8 Å². The van der Waals surface area contributed by atoms with Crippen LogP contribution in [-0.4, -0.2) is 24.8 Å². The first-order valence-electron chi connectivity index (χ1n) is 8.07. The van der Waals surface area contributed by atoms with Gasteiger partial charge in [0.25, 0.3) is 0 Å². The molecule has 0 spiro atoms. The van der Waals surface area contributed by atoms with Crippen LogP contribution in [0.2, 0.25) is 5.02 Å². The largest absolute Gasteiger partial charge is 0.378 e. The molecule has 3 heteroatoms. The van der Waals surface area contributed by atoms with Crippen molar-refractivity contribution in [3.05, 3.63) is 34.9 Å². The van der Waals surface area contributed by atoms with Gasteiger partial charge in [0.05, 0.1) is 6.10 Å². The Bertz CT molecular complexity index is 435. The lowest BCUT2D eigenvalue weighted by Gasteiger charge is -2.27. The Labute approximate surface area is 134 Å². The summed E-state index contributed by atoms with van der Waals surface area (Å²) >= 11 is 6.41. The van der Waals surface area contributed by atoms with Gasteiger partial charge in [-0.05, 0) is 64.0 Å². The van der Waals surface area contributed by atoms with E-state index in [1.54, 1.807) is 0 Å². The van der Waals surface area contributed by atoms with Crippen molar-refractivity contribution in [1.82, 2.24) is 5.32 Å². The molecule has 0 saturated carbocycles. The average Bonchev–Trinajstić information content (AvgIpc) is 2.92. The molecule has 2 atom stereocenters. The number of rotatable bonds is 6. The van der Waals surface area contributed by atoms with Crippen LogP contribution in [0, 0.1) is 0 Å². The van der Waals surface area contributed by atoms with Crippen LogP contribution in [-0.2, 0) is 4.74 Å². The normalized spacial score (nSPS) is 20.7. The molecule has 1 aromatic carbocycles. The molecule has 2 nitrogen and oxygen atoms in total. The fourth-order valence-corrected chi connectivity index (χ4v) is 3.15. The van der Waals surface area contributed by atoms with E-state index in [4.69, 9.17) is 16.3 Å². The van der Waals surface area contributed by atoms with Crippen molar-refractivity contribution in [3.8, 4) is 0 Å². The first-order chi connectivity index (χ1) is 9.96. The molecule has 0 radical (unpaired) electrons. The Balaban J connectivity index is 2.00. The van der Waals surface area contributed by atoms with Crippen molar-refractivity contribution in [3.63, 3.8) is 0 Å². The predicted octanol–water partition coefficient (Wildman–Crippen LogP) is 4.77. The summed E-state index contributed by atoms with van der Waals surface area (Å²) in [5, 5.41) is 4.50. The molecule has 1 aliphatic heterocycles. The third kappa shape index (κ3) is 5.61. The maximum absolute atomic E-state index is 6.41. The van der Waals surface area contributed by atoms with Crippen LogP contribution in [0.5, 0.6) is 0 Å². The molecule has 1 heterocycles. The van der Waals surface area contributed by atoms with Crippen molar-refractivity contribution in [2.75, 3.05) is 13.2 Å². The Morgan fingerprint density at radius 1 is 1.33 bits per heavy atom. The standard InChI is InChI=1S/C18H28ClNO/c1-18(2,3)20-13-14(10-11-15-7-6-12-21-15)16-8-4-5-9-17(16)19/h4-5,8-9,14-15,20H,6-7,10-13H2,1-3H3. The van der Waals surface area contributed by atoms with Gasteiger partial charge < -0.3 is 10.1 Å². The van der Waals surface area contributed by atoms with Gasteiger partial charge in [0.15, 0.2) is 0 Å². The number of benzene rings is 1. The maximum Gasteiger partial charge on any atom is 0.0576 e. The topological polar surface area (TPSA) is 21.3 Å². The average molecular weight is 310 g/mol. The minimum atomic E-state index is 0.128. The Hall–Kier alpha value is -0.570. The van der Waals surface area contributed by atoms with Gasteiger partial charge in [0, 0.05) is 23.7 Å². The summed E-state index contributed by atoms with van der Waals surface area (Å²) in [4.78, 5) is 0. The number of halogens is 1. The third-order valence-corrected chi connectivity index (χ3v) is 4.43. The Kier molecular flexibility index (Phi) is 6.09. The van der Waals surface area contributed by atoms with Crippen LogP contribution in [0.3, 0.4) is 0 Å². The summed E-state index contributed by atoms with van der Waals surface area (Å²) < 4.78 is 5.76. The molecule has 1 aliphatic rings. The van der Waals surface area contributed by atoms with Gasteiger partial charge in [0.2, 0.25) is 0 Å². The zero-order valence-corrected chi connectivity index (χ0v) is 14.2. The SMILES string of the molecule is CC(C)(C)NCC(CCC1CCCO1)c1ccccc1Cl. The van der Waals surface area contributed by atoms with Crippen molar-refractivity contribution >= 4 is 11.6 Å². The zero-order chi connectivity index (χ0) is 15.3. The number of hydrogen-bond acceptors (Lipinski definition) is 2. The number of hydrogen-bond donors (Lipinski definition) is 1. The summed E-state index contributed by atoms with van der Waals surface area (Å²) in [6.07, 6.45) is 5.12. The maximum atomic E-state index is 6.41. The second-order valence-corrected chi connectivity index (χ2v) is 7.47. The Morgan fingerprint density at radius 3 is 2.71 bits per heavy atom. The molecule has 2 unspecified atom stereocenters. The molecule has 0 bridgehead atoms. The fraction of sp³-hybridized carbons (Fsp3) is 0.667. The number of ether oxygens (including phenoxy) is 1. The first kappa shape index (κ1) is 16.8. The molecule has 118 valence electrons. The highest BCUT2D eigenvalue weighted by molar-refractivity contribution is 6.31. The Morgan fingerprint density at radius 2 is 2.10 bits per heavy atom. The molecule has 1 fully saturated rings. The second kappa shape index (κ2) is 7.62. The van der Waals surface area contributed by atoms with Crippen LogP contribution in [0.25, 0.3) is 0 Å². The lowest BCUT2D eigenvalue weighted by Crippen LogP contribution is -2.38. The van der Waals surface area contributed by atoms with Gasteiger partial charge in [-0.2, -0.15) is 0 Å². The van der Waals surface area contributed by atoms with Crippen molar-refractivity contribution in [2.45, 2.75) is 64.0 Å². The molecule has 0 aromatic heterocycles. The van der Waals surface area contributed by atoms with E-state index in [2.05, 4.69) is 38.2 Å². The van der Waals surface area contributed by atoms with Gasteiger partial charge >= 0.3 is 0 Å². The van der Waals surface area contributed by atoms with Gasteiger partial charge in [-0.25, -0.2) is 0 Å². The van der Waals surface area contributed by atoms with Crippen LogP contribution >= 0.6 is 11.6 Å². The molecule has 1 N–H and O–H groups in total.